The first-order valence-electron chi connectivity index (χ1n) is 5.43. The lowest BCUT2D eigenvalue weighted by molar-refractivity contribution is -0.203. The summed E-state index contributed by atoms with van der Waals surface area (Å²) in [7, 11) is 1.76. The van der Waals surface area contributed by atoms with Crippen molar-refractivity contribution in [1.29, 1.82) is 0 Å². The zero-order valence-electron chi connectivity index (χ0n) is 8.55. The van der Waals surface area contributed by atoms with E-state index in [1.807, 2.05) is 0 Å². The van der Waals surface area contributed by atoms with Crippen molar-refractivity contribution in [1.82, 2.24) is 0 Å². The summed E-state index contributed by atoms with van der Waals surface area (Å²) in [6, 6.07) is 0. The van der Waals surface area contributed by atoms with Gasteiger partial charge in [0, 0.05) is 13.5 Å². The molecule has 4 unspecified atom stereocenters. The van der Waals surface area contributed by atoms with Crippen molar-refractivity contribution in [3.63, 3.8) is 0 Å². The smallest absolute Gasteiger partial charge is 0.0725 e. The highest BCUT2D eigenvalue weighted by molar-refractivity contribution is 6.24. The molecule has 0 amide bonds. The molecule has 0 heterocycles. The average molecular weight is 217 g/mol. The molecule has 0 aromatic heterocycles. The van der Waals surface area contributed by atoms with Gasteiger partial charge in [0.1, 0.15) is 0 Å². The van der Waals surface area contributed by atoms with E-state index in [4.69, 9.17) is 16.3 Å². The molecule has 0 spiro atoms. The van der Waals surface area contributed by atoms with E-state index in [9.17, 15) is 5.11 Å². The number of hydrogen-bond donors (Lipinski definition) is 1. The molecule has 4 rings (SSSR count). The van der Waals surface area contributed by atoms with Crippen LogP contribution >= 0.6 is 11.6 Å². The molecule has 80 valence electrons. The minimum Gasteiger partial charge on any atom is -0.390 e. The summed E-state index contributed by atoms with van der Waals surface area (Å²) in [6.45, 7) is 0. The Labute approximate surface area is 89.6 Å². The predicted molar refractivity (Wildman–Crippen MR) is 54.5 cm³/mol. The predicted octanol–water partition coefficient (Wildman–Crippen LogP) is 2.08. The van der Waals surface area contributed by atoms with Gasteiger partial charge in [-0.05, 0) is 38.0 Å². The summed E-state index contributed by atoms with van der Waals surface area (Å²) >= 11 is 6.55. The normalized spacial score (nSPS) is 60.6. The van der Waals surface area contributed by atoms with Crippen molar-refractivity contribution in [2.45, 2.75) is 54.6 Å². The topological polar surface area (TPSA) is 29.5 Å². The lowest BCUT2D eigenvalue weighted by Crippen LogP contribution is -2.64. The van der Waals surface area contributed by atoms with Gasteiger partial charge < -0.3 is 9.84 Å². The van der Waals surface area contributed by atoms with E-state index in [2.05, 4.69) is 0 Å². The Hall–Kier alpha value is 0.210. The molecule has 0 saturated heterocycles. The first-order valence-corrected chi connectivity index (χ1v) is 5.81. The fourth-order valence-corrected chi connectivity index (χ4v) is 5.12. The third-order valence-electron chi connectivity index (χ3n) is 4.35. The van der Waals surface area contributed by atoms with Gasteiger partial charge in [0.05, 0.1) is 16.1 Å². The summed E-state index contributed by atoms with van der Waals surface area (Å²) in [5, 5.41) is 10.4. The third kappa shape index (κ3) is 1.17. The maximum Gasteiger partial charge on any atom is 0.0725 e. The van der Waals surface area contributed by atoms with Crippen LogP contribution in [0.3, 0.4) is 0 Å². The number of halogens is 1. The fraction of sp³-hybridized carbons (Fsp3) is 1.00. The standard InChI is InChI=1S/C11H17ClO2/c1-14-11-4-8-2-9(12,6-11)5-10(13,3-8)7-11/h8,13H,2-7H2,1H3. The number of alkyl halides is 1. The lowest BCUT2D eigenvalue weighted by Gasteiger charge is -2.62. The minimum absolute atomic E-state index is 0.115. The summed E-state index contributed by atoms with van der Waals surface area (Å²) < 4.78 is 5.64. The molecule has 4 fully saturated rings. The number of aliphatic hydroxyl groups is 1. The van der Waals surface area contributed by atoms with Crippen molar-refractivity contribution in [3.05, 3.63) is 0 Å². The van der Waals surface area contributed by atoms with Crippen LogP contribution in [0.25, 0.3) is 0 Å². The molecule has 2 nitrogen and oxygen atoms in total. The van der Waals surface area contributed by atoms with Gasteiger partial charge in [-0.1, -0.05) is 0 Å². The summed E-state index contributed by atoms with van der Waals surface area (Å²) in [6.07, 6.45) is 5.59. The van der Waals surface area contributed by atoms with Gasteiger partial charge in [-0.3, -0.25) is 0 Å². The fourth-order valence-electron chi connectivity index (χ4n) is 4.41. The molecular formula is C11H17ClO2. The number of methoxy groups -OCH3 is 1. The molecule has 4 saturated carbocycles. The second-order valence-electron chi connectivity index (χ2n) is 5.77. The van der Waals surface area contributed by atoms with E-state index in [0.29, 0.717) is 5.92 Å². The SMILES string of the molecule is COC12CC3CC(O)(CC(Cl)(C3)C1)C2. The Morgan fingerprint density at radius 3 is 2.57 bits per heavy atom. The van der Waals surface area contributed by atoms with Crippen LogP contribution in [0.2, 0.25) is 0 Å². The molecule has 14 heavy (non-hydrogen) atoms. The lowest BCUT2D eigenvalue weighted by atomic mass is 9.52. The van der Waals surface area contributed by atoms with Crippen LogP contribution in [0.5, 0.6) is 0 Å². The number of ether oxygens (including phenoxy) is 1. The number of rotatable bonds is 1. The monoisotopic (exact) mass is 216 g/mol. The third-order valence-corrected chi connectivity index (χ3v) is 4.77. The molecule has 4 atom stereocenters. The highest BCUT2D eigenvalue weighted by Crippen LogP contribution is 2.62. The van der Waals surface area contributed by atoms with E-state index in [-0.39, 0.29) is 10.5 Å². The second-order valence-corrected chi connectivity index (χ2v) is 6.57. The van der Waals surface area contributed by atoms with Gasteiger partial charge in [0.25, 0.3) is 0 Å². The van der Waals surface area contributed by atoms with Crippen molar-refractivity contribution < 1.29 is 9.84 Å². The average Bonchev–Trinajstić information content (AvgIpc) is 1.97. The first-order chi connectivity index (χ1) is 6.47. The van der Waals surface area contributed by atoms with Crippen LogP contribution in [-0.4, -0.2) is 28.3 Å². The van der Waals surface area contributed by atoms with Crippen LogP contribution in [0, 0.1) is 5.92 Å². The van der Waals surface area contributed by atoms with E-state index in [1.54, 1.807) is 7.11 Å². The van der Waals surface area contributed by atoms with Crippen LogP contribution < -0.4 is 0 Å². The van der Waals surface area contributed by atoms with Crippen LogP contribution in [0.1, 0.15) is 38.5 Å². The van der Waals surface area contributed by atoms with E-state index >= 15 is 0 Å². The quantitative estimate of drug-likeness (QED) is 0.681. The van der Waals surface area contributed by atoms with Gasteiger partial charge in [0.15, 0.2) is 0 Å². The summed E-state index contributed by atoms with van der Waals surface area (Å²) in [5.74, 6) is 0.577. The summed E-state index contributed by atoms with van der Waals surface area (Å²) in [5.41, 5.74) is -0.646. The van der Waals surface area contributed by atoms with Gasteiger partial charge >= 0.3 is 0 Å². The van der Waals surface area contributed by atoms with Gasteiger partial charge in [-0.15, -0.1) is 11.6 Å². The van der Waals surface area contributed by atoms with Crippen molar-refractivity contribution >= 4 is 11.6 Å². The molecule has 0 aliphatic heterocycles. The molecule has 4 aliphatic rings. The molecule has 3 heteroatoms. The highest BCUT2D eigenvalue weighted by atomic mass is 35.5. The molecular weight excluding hydrogens is 200 g/mol. The Balaban J connectivity index is 2.01. The maximum atomic E-state index is 10.4. The summed E-state index contributed by atoms with van der Waals surface area (Å²) in [4.78, 5) is -0.176. The Morgan fingerprint density at radius 2 is 2.00 bits per heavy atom. The Kier molecular flexibility index (Phi) is 1.67. The zero-order chi connectivity index (χ0) is 10.0. The van der Waals surface area contributed by atoms with E-state index < -0.39 is 5.60 Å². The minimum atomic E-state index is -0.531. The van der Waals surface area contributed by atoms with E-state index in [0.717, 1.165) is 38.5 Å². The van der Waals surface area contributed by atoms with Crippen molar-refractivity contribution in [2.24, 2.45) is 5.92 Å². The van der Waals surface area contributed by atoms with Gasteiger partial charge in [-0.2, -0.15) is 0 Å². The van der Waals surface area contributed by atoms with Crippen LogP contribution in [-0.2, 0) is 4.74 Å². The largest absolute Gasteiger partial charge is 0.390 e. The van der Waals surface area contributed by atoms with Crippen LogP contribution in [0.15, 0.2) is 0 Å². The van der Waals surface area contributed by atoms with E-state index in [1.165, 1.54) is 0 Å². The second kappa shape index (κ2) is 2.47. The Bertz CT molecular complexity index is 260. The van der Waals surface area contributed by atoms with Gasteiger partial charge in [-0.25, -0.2) is 0 Å². The Morgan fingerprint density at radius 1 is 1.21 bits per heavy atom. The highest BCUT2D eigenvalue weighted by Gasteiger charge is 2.62. The molecule has 0 radical (unpaired) electrons. The maximum absolute atomic E-state index is 10.4. The van der Waals surface area contributed by atoms with Crippen LogP contribution in [0.4, 0.5) is 0 Å². The van der Waals surface area contributed by atoms with Crippen molar-refractivity contribution in [2.75, 3.05) is 7.11 Å². The molecule has 4 aliphatic carbocycles. The molecule has 1 N–H and O–H groups in total. The molecule has 0 aromatic carbocycles. The zero-order valence-corrected chi connectivity index (χ0v) is 9.31. The molecule has 4 bridgehead atoms. The van der Waals surface area contributed by atoms with Crippen molar-refractivity contribution in [3.8, 4) is 0 Å². The molecule has 0 aromatic rings. The first kappa shape index (κ1) is 9.44. The van der Waals surface area contributed by atoms with Gasteiger partial charge in [0.2, 0.25) is 0 Å². The number of hydrogen-bond acceptors (Lipinski definition) is 2.